The molecule has 0 unspecified atom stereocenters. The summed E-state index contributed by atoms with van der Waals surface area (Å²) in [5.74, 6) is -0.268. The highest BCUT2D eigenvalue weighted by Crippen LogP contribution is 2.21. The second kappa shape index (κ2) is 6.06. The summed E-state index contributed by atoms with van der Waals surface area (Å²) in [6.07, 6.45) is 3.58. The molecular formula is C12H14BrFN4. The molecule has 6 heteroatoms. The molecule has 0 amide bonds. The Morgan fingerprint density at radius 1 is 1.39 bits per heavy atom. The molecule has 0 aliphatic carbocycles. The summed E-state index contributed by atoms with van der Waals surface area (Å²) in [4.78, 5) is 0. The van der Waals surface area contributed by atoms with Crippen molar-refractivity contribution in [3.63, 3.8) is 0 Å². The van der Waals surface area contributed by atoms with Crippen molar-refractivity contribution in [1.82, 2.24) is 15.0 Å². The van der Waals surface area contributed by atoms with E-state index in [1.54, 1.807) is 10.7 Å². The Bertz CT molecular complexity index is 527. The van der Waals surface area contributed by atoms with Crippen LogP contribution in [0.15, 0.2) is 28.9 Å². The van der Waals surface area contributed by atoms with Gasteiger partial charge in [0.25, 0.3) is 0 Å². The van der Waals surface area contributed by atoms with Gasteiger partial charge in [-0.1, -0.05) is 17.3 Å². The van der Waals surface area contributed by atoms with E-state index in [4.69, 9.17) is 5.73 Å². The van der Waals surface area contributed by atoms with E-state index in [1.165, 1.54) is 6.07 Å². The first kappa shape index (κ1) is 13.2. The largest absolute Gasteiger partial charge is 0.330 e. The molecule has 0 saturated heterocycles. The van der Waals surface area contributed by atoms with Gasteiger partial charge in [-0.15, -0.1) is 5.10 Å². The molecule has 1 heterocycles. The zero-order valence-corrected chi connectivity index (χ0v) is 11.4. The third kappa shape index (κ3) is 3.14. The molecule has 18 heavy (non-hydrogen) atoms. The van der Waals surface area contributed by atoms with E-state index in [-0.39, 0.29) is 5.82 Å². The quantitative estimate of drug-likeness (QED) is 0.920. The van der Waals surface area contributed by atoms with Crippen LogP contribution >= 0.6 is 15.9 Å². The van der Waals surface area contributed by atoms with Crippen molar-refractivity contribution in [2.45, 2.75) is 19.4 Å². The molecule has 2 rings (SSSR count). The summed E-state index contributed by atoms with van der Waals surface area (Å²) >= 11 is 3.23. The summed E-state index contributed by atoms with van der Waals surface area (Å²) in [6.45, 7) is 1.14. The molecule has 0 aliphatic heterocycles. The Balaban J connectivity index is 2.09. The molecule has 1 aromatic heterocycles. The Labute approximate surface area is 113 Å². The maximum absolute atomic E-state index is 13.3. The van der Waals surface area contributed by atoms with E-state index in [9.17, 15) is 4.39 Å². The molecule has 0 radical (unpaired) electrons. The lowest BCUT2D eigenvalue weighted by Crippen LogP contribution is -2.02. The summed E-state index contributed by atoms with van der Waals surface area (Å²) in [7, 11) is 0. The van der Waals surface area contributed by atoms with Gasteiger partial charge < -0.3 is 5.73 Å². The number of aromatic nitrogens is 3. The van der Waals surface area contributed by atoms with Crippen LogP contribution in [0, 0.1) is 5.82 Å². The SMILES string of the molecule is NCCCc1cn(Cc2cccc(F)c2Br)nn1. The van der Waals surface area contributed by atoms with E-state index < -0.39 is 0 Å². The van der Waals surface area contributed by atoms with Crippen molar-refractivity contribution in [2.75, 3.05) is 6.54 Å². The molecule has 1 aromatic carbocycles. The van der Waals surface area contributed by atoms with Crippen LogP contribution in [0.2, 0.25) is 0 Å². The van der Waals surface area contributed by atoms with Crippen LogP contribution in [-0.4, -0.2) is 21.5 Å². The van der Waals surface area contributed by atoms with E-state index in [1.807, 2.05) is 12.3 Å². The van der Waals surface area contributed by atoms with Gasteiger partial charge in [0.1, 0.15) is 5.82 Å². The minimum atomic E-state index is -0.268. The van der Waals surface area contributed by atoms with Crippen LogP contribution in [0.1, 0.15) is 17.7 Å². The Kier molecular flexibility index (Phi) is 4.43. The molecule has 0 aliphatic rings. The van der Waals surface area contributed by atoms with Gasteiger partial charge in [0.05, 0.1) is 16.7 Å². The lowest BCUT2D eigenvalue weighted by Gasteiger charge is -2.04. The first-order valence-electron chi connectivity index (χ1n) is 5.72. The van der Waals surface area contributed by atoms with E-state index in [0.717, 1.165) is 24.1 Å². The van der Waals surface area contributed by atoms with Crippen molar-refractivity contribution in [2.24, 2.45) is 5.73 Å². The third-order valence-electron chi connectivity index (χ3n) is 2.59. The number of hydrogen-bond acceptors (Lipinski definition) is 3. The summed E-state index contributed by atoms with van der Waals surface area (Å²) < 4.78 is 15.5. The van der Waals surface area contributed by atoms with Crippen molar-refractivity contribution in [3.8, 4) is 0 Å². The van der Waals surface area contributed by atoms with Crippen LogP contribution in [0.5, 0.6) is 0 Å². The number of nitrogens with zero attached hydrogens (tertiary/aromatic N) is 3. The van der Waals surface area contributed by atoms with E-state index >= 15 is 0 Å². The number of halogens is 2. The van der Waals surface area contributed by atoms with Crippen LogP contribution in [0.3, 0.4) is 0 Å². The number of hydrogen-bond donors (Lipinski definition) is 1. The number of benzene rings is 1. The van der Waals surface area contributed by atoms with E-state index in [0.29, 0.717) is 17.6 Å². The lowest BCUT2D eigenvalue weighted by atomic mass is 10.2. The maximum Gasteiger partial charge on any atom is 0.137 e. The minimum absolute atomic E-state index is 0.268. The van der Waals surface area contributed by atoms with Crippen molar-refractivity contribution >= 4 is 15.9 Å². The van der Waals surface area contributed by atoms with Gasteiger partial charge >= 0.3 is 0 Å². The normalized spacial score (nSPS) is 10.8. The third-order valence-corrected chi connectivity index (χ3v) is 3.48. The van der Waals surface area contributed by atoms with Crippen LogP contribution in [0.4, 0.5) is 4.39 Å². The molecule has 0 spiro atoms. The fourth-order valence-electron chi connectivity index (χ4n) is 1.66. The van der Waals surface area contributed by atoms with E-state index in [2.05, 4.69) is 26.2 Å². The van der Waals surface area contributed by atoms with Crippen molar-refractivity contribution < 1.29 is 4.39 Å². The summed E-state index contributed by atoms with van der Waals surface area (Å²) in [5.41, 5.74) is 7.19. The molecule has 96 valence electrons. The highest BCUT2D eigenvalue weighted by Gasteiger charge is 2.07. The zero-order valence-electron chi connectivity index (χ0n) is 9.81. The average molecular weight is 313 g/mol. The Morgan fingerprint density at radius 2 is 2.22 bits per heavy atom. The van der Waals surface area contributed by atoms with Gasteiger partial charge in [0, 0.05) is 6.20 Å². The van der Waals surface area contributed by atoms with Gasteiger partial charge in [0.15, 0.2) is 0 Å². The summed E-state index contributed by atoms with van der Waals surface area (Å²) in [5, 5.41) is 8.07. The highest BCUT2D eigenvalue weighted by atomic mass is 79.9. The molecule has 0 fully saturated rings. The highest BCUT2D eigenvalue weighted by molar-refractivity contribution is 9.10. The Hall–Kier alpha value is -1.27. The van der Waals surface area contributed by atoms with Crippen LogP contribution in [-0.2, 0) is 13.0 Å². The first-order chi connectivity index (χ1) is 8.70. The second-order valence-electron chi connectivity index (χ2n) is 4.01. The molecular weight excluding hydrogens is 299 g/mol. The molecule has 2 aromatic rings. The maximum atomic E-state index is 13.3. The summed E-state index contributed by atoms with van der Waals surface area (Å²) in [6, 6.07) is 4.96. The fourth-order valence-corrected chi connectivity index (χ4v) is 2.05. The number of nitrogens with two attached hydrogens (primary N) is 1. The number of aryl methyl sites for hydroxylation is 1. The Morgan fingerprint density at radius 3 is 3.00 bits per heavy atom. The zero-order chi connectivity index (χ0) is 13.0. The first-order valence-corrected chi connectivity index (χ1v) is 6.52. The average Bonchev–Trinajstić information content (AvgIpc) is 2.80. The minimum Gasteiger partial charge on any atom is -0.330 e. The standard InChI is InChI=1S/C12H14BrFN4/c13-12-9(3-1-5-11(12)14)7-18-8-10(16-17-18)4-2-6-15/h1,3,5,8H,2,4,6-7,15H2. The smallest absolute Gasteiger partial charge is 0.137 e. The lowest BCUT2D eigenvalue weighted by molar-refractivity contribution is 0.606. The van der Waals surface area contributed by atoms with Gasteiger partial charge in [-0.2, -0.15) is 0 Å². The fraction of sp³-hybridized carbons (Fsp3) is 0.333. The molecule has 4 nitrogen and oxygen atoms in total. The predicted octanol–water partition coefficient (Wildman–Crippen LogP) is 2.12. The van der Waals surface area contributed by atoms with Crippen LogP contribution in [0.25, 0.3) is 0 Å². The van der Waals surface area contributed by atoms with Gasteiger partial charge in [0.2, 0.25) is 0 Å². The predicted molar refractivity (Wildman–Crippen MR) is 70.6 cm³/mol. The van der Waals surface area contributed by atoms with Crippen molar-refractivity contribution in [3.05, 3.63) is 45.9 Å². The molecule has 2 N–H and O–H groups in total. The van der Waals surface area contributed by atoms with Gasteiger partial charge in [-0.25, -0.2) is 9.07 Å². The van der Waals surface area contributed by atoms with Gasteiger partial charge in [-0.3, -0.25) is 0 Å². The topological polar surface area (TPSA) is 56.7 Å². The molecule has 0 saturated carbocycles. The van der Waals surface area contributed by atoms with Crippen molar-refractivity contribution in [1.29, 1.82) is 0 Å². The monoisotopic (exact) mass is 312 g/mol. The number of rotatable bonds is 5. The van der Waals surface area contributed by atoms with Gasteiger partial charge in [-0.05, 0) is 46.9 Å². The molecule has 0 bridgehead atoms. The van der Waals surface area contributed by atoms with Crippen LogP contribution < -0.4 is 5.73 Å². The second-order valence-corrected chi connectivity index (χ2v) is 4.81. The molecule has 0 atom stereocenters.